The monoisotopic (exact) mass is 335 g/mol. The van der Waals surface area contributed by atoms with Crippen molar-refractivity contribution >= 4 is 29.2 Å². The van der Waals surface area contributed by atoms with Gasteiger partial charge in [0.05, 0.1) is 17.7 Å². The molecule has 0 aliphatic heterocycles. The normalized spacial score (nSPS) is 10.3. The van der Waals surface area contributed by atoms with Crippen LogP contribution in [-0.4, -0.2) is 18.5 Å². The van der Waals surface area contributed by atoms with Crippen LogP contribution in [0.5, 0.6) is 0 Å². The Morgan fingerprint density at radius 1 is 1.22 bits per heavy atom. The fourth-order valence-electron chi connectivity index (χ4n) is 2.06. The minimum Gasteiger partial charge on any atom is -0.462 e. The Kier molecular flexibility index (Phi) is 5.34. The molecule has 2 rings (SSSR count). The molecule has 0 saturated heterocycles. The number of nitrogens with one attached hydrogen (secondary N) is 1. The van der Waals surface area contributed by atoms with Gasteiger partial charge in [-0.05, 0) is 49.7 Å². The molecule has 0 atom stereocenters. The van der Waals surface area contributed by atoms with Gasteiger partial charge in [0.25, 0.3) is 5.91 Å². The van der Waals surface area contributed by atoms with Crippen LogP contribution < -0.4 is 5.32 Å². The van der Waals surface area contributed by atoms with Gasteiger partial charge >= 0.3 is 5.97 Å². The number of halogens is 2. The zero-order chi connectivity index (χ0) is 17.0. The first-order valence-corrected chi connectivity index (χ1v) is 7.35. The van der Waals surface area contributed by atoms with E-state index in [1.54, 1.807) is 32.0 Å². The molecule has 0 radical (unpaired) electrons. The average molecular weight is 336 g/mol. The number of amides is 1. The molecule has 0 saturated carbocycles. The molecule has 0 aliphatic carbocycles. The third-order valence-corrected chi connectivity index (χ3v) is 3.49. The maximum absolute atomic E-state index is 13.8. The van der Waals surface area contributed by atoms with E-state index in [2.05, 4.69) is 5.32 Å². The molecule has 120 valence electrons. The van der Waals surface area contributed by atoms with E-state index in [9.17, 15) is 14.0 Å². The summed E-state index contributed by atoms with van der Waals surface area (Å²) in [5.41, 5.74) is 1.18. The summed E-state index contributed by atoms with van der Waals surface area (Å²) < 4.78 is 18.8. The van der Waals surface area contributed by atoms with E-state index in [4.69, 9.17) is 16.3 Å². The van der Waals surface area contributed by atoms with Gasteiger partial charge in [-0.1, -0.05) is 17.7 Å². The van der Waals surface area contributed by atoms with Gasteiger partial charge in [0.1, 0.15) is 5.82 Å². The maximum atomic E-state index is 13.8. The van der Waals surface area contributed by atoms with Crippen molar-refractivity contribution in [1.82, 2.24) is 0 Å². The standard InChI is InChI=1S/C17H15ClFNO3/c1-3-23-17(22)12-5-4-6-15(10(12)2)20-16(21)13-8-7-11(18)9-14(13)19/h4-9H,3H2,1-2H3,(H,20,21). The van der Waals surface area contributed by atoms with Gasteiger partial charge < -0.3 is 10.1 Å². The largest absolute Gasteiger partial charge is 0.462 e. The van der Waals surface area contributed by atoms with Gasteiger partial charge in [-0.3, -0.25) is 4.79 Å². The third kappa shape index (κ3) is 3.87. The zero-order valence-corrected chi connectivity index (χ0v) is 13.4. The SMILES string of the molecule is CCOC(=O)c1cccc(NC(=O)c2ccc(Cl)cc2F)c1C. The minimum atomic E-state index is -0.714. The Hall–Kier alpha value is -2.40. The number of hydrogen-bond donors (Lipinski definition) is 1. The minimum absolute atomic E-state index is 0.129. The highest BCUT2D eigenvalue weighted by atomic mass is 35.5. The summed E-state index contributed by atoms with van der Waals surface area (Å²) >= 11 is 5.67. The van der Waals surface area contributed by atoms with E-state index in [1.165, 1.54) is 12.1 Å². The second-order valence-corrected chi connectivity index (χ2v) is 5.21. The van der Waals surface area contributed by atoms with E-state index in [-0.39, 0.29) is 17.2 Å². The number of hydrogen-bond acceptors (Lipinski definition) is 3. The molecular weight excluding hydrogens is 321 g/mol. The Bertz CT molecular complexity index is 761. The molecule has 0 heterocycles. The van der Waals surface area contributed by atoms with Gasteiger partial charge in [0.15, 0.2) is 0 Å². The van der Waals surface area contributed by atoms with Crippen LogP contribution in [0.1, 0.15) is 33.2 Å². The van der Waals surface area contributed by atoms with E-state index >= 15 is 0 Å². The van der Waals surface area contributed by atoms with Crippen molar-refractivity contribution < 1.29 is 18.7 Å². The van der Waals surface area contributed by atoms with Crippen molar-refractivity contribution in [3.8, 4) is 0 Å². The molecule has 0 aromatic heterocycles. The lowest BCUT2D eigenvalue weighted by Gasteiger charge is -2.12. The van der Waals surface area contributed by atoms with Gasteiger partial charge in [-0.2, -0.15) is 0 Å². The fourth-order valence-corrected chi connectivity index (χ4v) is 2.22. The predicted molar refractivity (Wildman–Crippen MR) is 86.5 cm³/mol. The second-order valence-electron chi connectivity index (χ2n) is 4.78. The van der Waals surface area contributed by atoms with Crippen LogP contribution in [0.3, 0.4) is 0 Å². The van der Waals surface area contributed by atoms with E-state index in [1.807, 2.05) is 0 Å². The molecule has 0 unspecified atom stereocenters. The molecule has 23 heavy (non-hydrogen) atoms. The molecule has 2 aromatic rings. The molecule has 1 N–H and O–H groups in total. The summed E-state index contributed by atoms with van der Waals surface area (Å²) in [5.74, 6) is -1.81. The highest BCUT2D eigenvalue weighted by Crippen LogP contribution is 2.22. The number of rotatable bonds is 4. The highest BCUT2D eigenvalue weighted by Gasteiger charge is 2.16. The second kappa shape index (κ2) is 7.24. The lowest BCUT2D eigenvalue weighted by molar-refractivity contribution is 0.0525. The van der Waals surface area contributed by atoms with Gasteiger partial charge in [-0.15, -0.1) is 0 Å². The summed E-state index contributed by atoms with van der Waals surface area (Å²) in [5, 5.41) is 2.80. The lowest BCUT2D eigenvalue weighted by atomic mass is 10.1. The van der Waals surface area contributed by atoms with Crippen LogP contribution in [0.15, 0.2) is 36.4 Å². The Morgan fingerprint density at radius 2 is 1.96 bits per heavy atom. The van der Waals surface area contributed by atoms with Crippen LogP contribution in [-0.2, 0) is 4.74 Å². The van der Waals surface area contributed by atoms with Crippen LogP contribution in [0, 0.1) is 12.7 Å². The Morgan fingerprint density at radius 3 is 2.61 bits per heavy atom. The summed E-state index contributed by atoms with van der Waals surface area (Å²) in [4.78, 5) is 24.1. The van der Waals surface area contributed by atoms with Gasteiger partial charge in [-0.25, -0.2) is 9.18 Å². The van der Waals surface area contributed by atoms with Crippen LogP contribution in [0.25, 0.3) is 0 Å². The molecule has 6 heteroatoms. The van der Waals surface area contributed by atoms with Crippen molar-refractivity contribution in [1.29, 1.82) is 0 Å². The summed E-state index contributed by atoms with van der Waals surface area (Å²) in [6, 6.07) is 8.65. The van der Waals surface area contributed by atoms with E-state index < -0.39 is 17.7 Å². The maximum Gasteiger partial charge on any atom is 0.338 e. The van der Waals surface area contributed by atoms with Crippen LogP contribution in [0.2, 0.25) is 5.02 Å². The molecule has 1 amide bonds. The van der Waals surface area contributed by atoms with Crippen molar-refractivity contribution in [2.75, 3.05) is 11.9 Å². The van der Waals surface area contributed by atoms with Gasteiger partial charge in [0.2, 0.25) is 0 Å². The van der Waals surface area contributed by atoms with Crippen LogP contribution >= 0.6 is 11.6 Å². The Balaban J connectivity index is 2.28. The summed E-state index contributed by atoms with van der Waals surface area (Å²) in [6.07, 6.45) is 0. The van der Waals surface area contributed by atoms with Crippen molar-refractivity contribution in [2.45, 2.75) is 13.8 Å². The number of esters is 1. The van der Waals surface area contributed by atoms with Crippen molar-refractivity contribution in [3.05, 3.63) is 63.9 Å². The van der Waals surface area contributed by atoms with Crippen molar-refractivity contribution in [3.63, 3.8) is 0 Å². The first-order chi connectivity index (χ1) is 10.9. The number of ether oxygens (including phenoxy) is 1. The van der Waals surface area contributed by atoms with E-state index in [0.29, 0.717) is 16.8 Å². The first-order valence-electron chi connectivity index (χ1n) is 6.97. The molecule has 0 aliphatic rings. The quantitative estimate of drug-likeness (QED) is 0.851. The van der Waals surface area contributed by atoms with Gasteiger partial charge in [0, 0.05) is 10.7 Å². The third-order valence-electron chi connectivity index (χ3n) is 3.25. The zero-order valence-electron chi connectivity index (χ0n) is 12.7. The highest BCUT2D eigenvalue weighted by molar-refractivity contribution is 6.30. The molecule has 0 fully saturated rings. The van der Waals surface area contributed by atoms with Crippen molar-refractivity contribution in [2.24, 2.45) is 0 Å². The molecule has 4 nitrogen and oxygen atoms in total. The number of carbonyl (C=O) groups excluding carboxylic acids is 2. The molecule has 2 aromatic carbocycles. The molecular formula is C17H15ClFNO3. The molecule has 0 spiro atoms. The lowest BCUT2D eigenvalue weighted by Crippen LogP contribution is -2.16. The predicted octanol–water partition coefficient (Wildman–Crippen LogP) is 4.22. The number of anilines is 1. The topological polar surface area (TPSA) is 55.4 Å². The number of benzene rings is 2. The van der Waals surface area contributed by atoms with Crippen LogP contribution in [0.4, 0.5) is 10.1 Å². The Labute approximate surface area is 138 Å². The number of carbonyl (C=O) groups is 2. The smallest absolute Gasteiger partial charge is 0.338 e. The fraction of sp³-hybridized carbons (Fsp3) is 0.176. The summed E-state index contributed by atoms with van der Waals surface area (Å²) in [6.45, 7) is 3.65. The average Bonchev–Trinajstić information content (AvgIpc) is 2.49. The molecule has 0 bridgehead atoms. The first kappa shape index (κ1) is 17.0. The van der Waals surface area contributed by atoms with E-state index in [0.717, 1.165) is 6.07 Å². The summed E-state index contributed by atoms with van der Waals surface area (Å²) in [7, 11) is 0.